The minimum Gasteiger partial charge on any atom is -0.445 e. The van der Waals surface area contributed by atoms with Gasteiger partial charge in [-0.05, 0) is 111 Å². The van der Waals surface area contributed by atoms with E-state index >= 15 is 8.78 Å². The molecule has 4 aromatic rings. The molecule has 1 saturated heterocycles. The van der Waals surface area contributed by atoms with Crippen LogP contribution in [0.25, 0.3) is 11.3 Å². The standard InChI is InChI=1S/C59H76F3N11O10/c1-34(2)50(69-54(78)47(15-8-9-24-63)73-48(75)22-23-49(73)76)55(79)68-45(14-11-25-65-57(64)81)53(77)66-41-19-17-37(18-20-41)33-83-58(82)71-29-39(44(62)31-71)30-72(56(80)36(4)74)51(59(5,6)7)52-67-46(42-26-35(3)16-21-43(42)61)32-70(52)28-38-12-10-13-40(60)27-38/h10,12-13,16-23,26-27,32,34,36,39,44-45,47,50-51,74H,8-9,11,14-15,24-25,28-31,33,63H2,1-7H3,(H,66,77)(H,68,79)(H,69,78)(H3,64,65,81)/t36-,39-,44-,45-,47-,50-,51-/m0/s1. The van der Waals surface area contributed by atoms with Gasteiger partial charge in [0.1, 0.15) is 54.5 Å². The van der Waals surface area contributed by atoms with Gasteiger partial charge in [-0.25, -0.2) is 27.7 Å². The average Bonchev–Trinajstić information content (AvgIpc) is 4.21. The molecule has 0 radical (unpaired) electrons. The summed E-state index contributed by atoms with van der Waals surface area (Å²) in [5.41, 5.74) is 12.5. The van der Waals surface area contributed by atoms with Crippen LogP contribution in [0.4, 0.5) is 28.4 Å². The number of benzene rings is 3. The molecule has 0 bridgehead atoms. The van der Waals surface area contributed by atoms with E-state index in [9.17, 15) is 47.9 Å². The van der Waals surface area contributed by atoms with Gasteiger partial charge in [-0.1, -0.05) is 70.5 Å². The number of hydrogen-bond donors (Lipinski definition) is 7. The number of nitrogens with zero attached hydrogens (tertiary/aromatic N) is 5. The van der Waals surface area contributed by atoms with E-state index in [1.807, 2.05) is 20.8 Å². The molecule has 3 heterocycles. The van der Waals surface area contributed by atoms with Crippen molar-refractivity contribution in [3.63, 3.8) is 0 Å². The molecule has 0 unspecified atom stereocenters. The van der Waals surface area contributed by atoms with Crippen molar-refractivity contribution in [1.29, 1.82) is 0 Å². The van der Waals surface area contributed by atoms with Crippen LogP contribution in [0.15, 0.2) is 85.1 Å². The largest absolute Gasteiger partial charge is 0.445 e. The number of unbranched alkanes of at least 4 members (excludes halogenated alkanes) is 1. The number of carbonyl (C=O) groups is 8. The Kier molecular flexibility index (Phi) is 22.2. The Morgan fingerprint density at radius 3 is 2.19 bits per heavy atom. The summed E-state index contributed by atoms with van der Waals surface area (Å²) in [5.74, 6) is -6.45. The minimum atomic E-state index is -1.64. The quantitative estimate of drug-likeness (QED) is 0.0302. The summed E-state index contributed by atoms with van der Waals surface area (Å²) in [6, 6.07) is 11.3. The number of halogens is 3. The molecule has 0 spiro atoms. The maximum atomic E-state index is 16.3. The van der Waals surface area contributed by atoms with E-state index in [0.29, 0.717) is 30.5 Å². The molecule has 1 aromatic heterocycles. The fourth-order valence-electron chi connectivity index (χ4n) is 10.1. The van der Waals surface area contributed by atoms with Gasteiger partial charge in [0, 0.05) is 61.7 Å². The van der Waals surface area contributed by atoms with Crippen LogP contribution in [0.3, 0.4) is 0 Å². The van der Waals surface area contributed by atoms with Crippen molar-refractivity contribution in [3.8, 4) is 11.3 Å². The molecule has 2 aliphatic heterocycles. The number of nitrogens with two attached hydrogens (primary N) is 2. The van der Waals surface area contributed by atoms with Crippen LogP contribution in [-0.2, 0) is 46.7 Å². The van der Waals surface area contributed by atoms with Gasteiger partial charge >= 0.3 is 12.1 Å². The van der Waals surface area contributed by atoms with Crippen molar-refractivity contribution in [1.82, 2.24) is 40.2 Å². The number of urea groups is 1. The van der Waals surface area contributed by atoms with Crippen LogP contribution < -0.4 is 32.7 Å². The zero-order valence-electron chi connectivity index (χ0n) is 47.8. The summed E-state index contributed by atoms with van der Waals surface area (Å²) in [5, 5.41) is 21.4. The summed E-state index contributed by atoms with van der Waals surface area (Å²) in [4.78, 5) is 114. The number of ether oxygens (including phenoxy) is 1. The lowest BCUT2D eigenvalue weighted by Gasteiger charge is -2.41. The Morgan fingerprint density at radius 1 is 0.867 bits per heavy atom. The maximum Gasteiger partial charge on any atom is 0.410 e. The Bertz CT molecular complexity index is 3000. The fraction of sp³-hybridized carbons (Fsp3) is 0.475. The Labute approximate surface area is 480 Å². The third-order valence-corrected chi connectivity index (χ3v) is 14.3. The van der Waals surface area contributed by atoms with E-state index in [1.165, 1.54) is 47.1 Å². The number of aliphatic hydroxyl groups is 1. The summed E-state index contributed by atoms with van der Waals surface area (Å²) in [6.07, 6.45) is 0.957. The topological polar surface area (TPSA) is 294 Å². The molecule has 21 nitrogen and oxygen atoms in total. The number of rotatable bonds is 26. The summed E-state index contributed by atoms with van der Waals surface area (Å²) in [7, 11) is 0. The molecule has 6 rings (SSSR count). The van der Waals surface area contributed by atoms with E-state index in [-0.39, 0.29) is 81.4 Å². The van der Waals surface area contributed by atoms with Crippen LogP contribution in [0.5, 0.6) is 0 Å². The van der Waals surface area contributed by atoms with E-state index in [4.69, 9.17) is 21.2 Å². The predicted molar refractivity (Wildman–Crippen MR) is 302 cm³/mol. The number of imidazole rings is 1. The van der Waals surface area contributed by atoms with Crippen molar-refractivity contribution >= 4 is 53.3 Å². The number of carbonyl (C=O) groups excluding carboxylic acids is 8. The van der Waals surface area contributed by atoms with Crippen molar-refractivity contribution < 1.29 is 61.4 Å². The van der Waals surface area contributed by atoms with Crippen molar-refractivity contribution in [2.75, 3.05) is 38.0 Å². The van der Waals surface area contributed by atoms with Crippen LogP contribution in [-0.4, -0.2) is 140 Å². The summed E-state index contributed by atoms with van der Waals surface area (Å²) < 4.78 is 53.5. The van der Waals surface area contributed by atoms with Crippen LogP contribution in [0, 0.1) is 35.8 Å². The highest BCUT2D eigenvalue weighted by Crippen LogP contribution is 2.41. The monoisotopic (exact) mass is 1160 g/mol. The molecule has 2 aliphatic rings. The van der Waals surface area contributed by atoms with E-state index in [1.54, 1.807) is 67.9 Å². The van der Waals surface area contributed by atoms with Gasteiger partial charge in [-0.15, -0.1) is 0 Å². The Hall–Kier alpha value is -8.12. The van der Waals surface area contributed by atoms with Gasteiger partial charge in [0.25, 0.3) is 17.7 Å². The molecule has 0 saturated carbocycles. The number of hydrogen-bond acceptors (Lipinski definition) is 12. The minimum absolute atomic E-state index is 0.0129. The molecule has 448 valence electrons. The first-order valence-corrected chi connectivity index (χ1v) is 27.7. The van der Waals surface area contributed by atoms with Gasteiger partial charge in [-0.3, -0.25) is 33.7 Å². The zero-order chi connectivity index (χ0) is 60.9. The van der Waals surface area contributed by atoms with Gasteiger partial charge in [0.15, 0.2) is 0 Å². The summed E-state index contributed by atoms with van der Waals surface area (Å²) >= 11 is 0. The molecule has 7 atom stereocenters. The second kappa shape index (κ2) is 28.7. The first-order valence-electron chi connectivity index (χ1n) is 27.7. The lowest BCUT2D eigenvalue weighted by Crippen LogP contribution is -2.58. The smallest absolute Gasteiger partial charge is 0.410 e. The van der Waals surface area contributed by atoms with E-state index in [0.717, 1.165) is 22.6 Å². The number of likely N-dealkylation sites (tertiary alicyclic amines) is 1. The third kappa shape index (κ3) is 17.2. The highest BCUT2D eigenvalue weighted by molar-refractivity contribution is 6.15. The van der Waals surface area contributed by atoms with Gasteiger partial charge in [0.05, 0.1) is 18.3 Å². The van der Waals surface area contributed by atoms with Gasteiger partial charge in [0.2, 0.25) is 17.7 Å². The number of amides is 9. The summed E-state index contributed by atoms with van der Waals surface area (Å²) in [6.45, 7) is 11.3. The van der Waals surface area contributed by atoms with Crippen molar-refractivity contribution in [2.45, 2.75) is 130 Å². The maximum absolute atomic E-state index is 16.3. The predicted octanol–water partition coefficient (Wildman–Crippen LogP) is 5.52. The fourth-order valence-corrected chi connectivity index (χ4v) is 10.1. The molecule has 9 N–H and O–H groups in total. The molecule has 9 amide bonds. The third-order valence-electron chi connectivity index (χ3n) is 14.3. The average molecular weight is 1160 g/mol. The SMILES string of the molecule is Cc1ccc(F)c(-c2cn(Cc3cccc(F)c3)c([C@H](N(C[C@@H]3CN(C(=O)OCc4ccc(NC(=O)[C@H](CCCNC(N)=O)NC(=O)[C@@H](NC(=O)[C@H](CCCCN)N5C(=O)C=CC5=O)C(C)C)cc4)C[C@@H]3F)C(=O)[C@H](C)O)C(C)(C)C)n2)c1. The van der Waals surface area contributed by atoms with Crippen LogP contribution >= 0.6 is 0 Å². The lowest BCUT2D eigenvalue weighted by molar-refractivity contribution is -0.146. The number of imide groups is 1. The molecule has 0 aliphatic carbocycles. The second-order valence-electron chi connectivity index (χ2n) is 22.5. The van der Waals surface area contributed by atoms with Gasteiger partial charge in [-0.2, -0.15) is 0 Å². The molecular weight excluding hydrogens is 1080 g/mol. The molecule has 83 heavy (non-hydrogen) atoms. The van der Waals surface area contributed by atoms with E-state index < -0.39 is 113 Å². The number of anilines is 1. The number of aromatic nitrogens is 2. The molecule has 1 fully saturated rings. The zero-order valence-corrected chi connectivity index (χ0v) is 47.8. The Morgan fingerprint density at radius 2 is 1.57 bits per heavy atom. The molecular formula is C59H76F3N11O10. The van der Waals surface area contributed by atoms with Crippen molar-refractivity contribution in [3.05, 3.63) is 119 Å². The van der Waals surface area contributed by atoms with Crippen LogP contribution in [0.1, 0.15) is 102 Å². The van der Waals surface area contributed by atoms with Crippen LogP contribution in [0.2, 0.25) is 0 Å². The molecule has 24 heteroatoms. The van der Waals surface area contributed by atoms with E-state index in [2.05, 4.69) is 21.3 Å². The normalized spacial score (nSPS) is 17.0. The number of alkyl halides is 1. The molecule has 3 aromatic carbocycles. The number of nitrogens with one attached hydrogen (secondary N) is 4. The number of aryl methyl sites for hydroxylation is 1. The Balaban J connectivity index is 1.12. The van der Waals surface area contributed by atoms with Gasteiger partial charge < -0.3 is 56.9 Å². The lowest BCUT2D eigenvalue weighted by atomic mass is 9.84. The first kappa shape index (κ1) is 64.1. The number of aliphatic hydroxyl groups excluding tert-OH is 1. The second-order valence-corrected chi connectivity index (χ2v) is 22.5. The first-order chi connectivity index (χ1) is 39.2. The highest BCUT2D eigenvalue weighted by atomic mass is 19.1. The van der Waals surface area contributed by atoms with Crippen molar-refractivity contribution in [2.24, 2.45) is 28.7 Å². The highest BCUT2D eigenvalue weighted by Gasteiger charge is 2.45. The number of primary amides is 1.